The Morgan fingerprint density at radius 1 is 0.933 bits per heavy atom. The maximum Gasteiger partial charge on any atom is 0.258 e. The lowest BCUT2D eigenvalue weighted by molar-refractivity contribution is 0.989. The van der Waals surface area contributed by atoms with Crippen molar-refractivity contribution in [1.82, 2.24) is 4.40 Å². The fourth-order valence-corrected chi connectivity index (χ4v) is 2.13. The maximum atomic E-state index is 12.0. The van der Waals surface area contributed by atoms with Crippen LogP contribution in [0.1, 0.15) is 22.4 Å². The molecule has 0 fully saturated rings. The molecule has 0 radical (unpaired) electrons. The smallest absolute Gasteiger partial charge is 0.258 e. The summed E-state index contributed by atoms with van der Waals surface area (Å²) in [7, 11) is 0. The van der Waals surface area contributed by atoms with Gasteiger partial charge in [-0.05, 0) is 51.0 Å². The highest BCUT2D eigenvalue weighted by Crippen LogP contribution is 2.15. The average Bonchev–Trinajstić information content (AvgIpc) is 2.18. The average molecular weight is 201 g/mol. The van der Waals surface area contributed by atoms with Gasteiger partial charge in [0.2, 0.25) is 0 Å². The molecule has 2 nitrogen and oxygen atoms in total. The van der Waals surface area contributed by atoms with E-state index in [-0.39, 0.29) is 5.56 Å². The second kappa shape index (κ2) is 3.23. The van der Waals surface area contributed by atoms with E-state index in [1.54, 1.807) is 4.40 Å². The van der Waals surface area contributed by atoms with Crippen LogP contribution in [0, 0.1) is 27.7 Å². The molecule has 0 bridgehead atoms. The summed E-state index contributed by atoms with van der Waals surface area (Å²) in [6.07, 6.45) is 0. The minimum atomic E-state index is 0.0943. The van der Waals surface area contributed by atoms with Gasteiger partial charge in [0.1, 0.15) is 0 Å². The van der Waals surface area contributed by atoms with Crippen LogP contribution in [0.15, 0.2) is 23.0 Å². The zero-order valence-electron chi connectivity index (χ0n) is 9.59. The van der Waals surface area contributed by atoms with Gasteiger partial charge >= 0.3 is 0 Å². The predicted molar refractivity (Wildman–Crippen MR) is 62.6 cm³/mol. The molecule has 78 valence electrons. The lowest BCUT2D eigenvalue weighted by atomic mass is 10.1. The third-order valence-corrected chi connectivity index (χ3v) is 2.87. The molecule has 0 saturated heterocycles. The first-order valence-electron chi connectivity index (χ1n) is 5.11. The molecule has 15 heavy (non-hydrogen) atoms. The molecule has 2 aromatic heterocycles. The number of fused-ring (bicyclic) bond motifs is 1. The SMILES string of the molecule is Cc1cc(C)c2c(C)ccc(C)n2c1=O. The first kappa shape index (κ1) is 9.97. The van der Waals surface area contributed by atoms with Gasteiger partial charge in [-0.25, -0.2) is 0 Å². The van der Waals surface area contributed by atoms with Crippen molar-refractivity contribution in [3.05, 3.63) is 50.9 Å². The number of rotatable bonds is 0. The molecule has 0 aliphatic carbocycles. The van der Waals surface area contributed by atoms with Gasteiger partial charge in [0, 0.05) is 11.3 Å². The van der Waals surface area contributed by atoms with Gasteiger partial charge in [0.05, 0.1) is 5.52 Å². The van der Waals surface area contributed by atoms with Gasteiger partial charge in [-0.3, -0.25) is 9.20 Å². The minimum Gasteiger partial charge on any atom is -0.281 e. The summed E-state index contributed by atoms with van der Waals surface area (Å²) < 4.78 is 1.81. The number of aromatic nitrogens is 1. The summed E-state index contributed by atoms with van der Waals surface area (Å²) in [5, 5.41) is 0. The van der Waals surface area contributed by atoms with Crippen LogP contribution in [0.4, 0.5) is 0 Å². The number of aryl methyl sites for hydroxylation is 4. The Labute approximate surface area is 89.2 Å². The van der Waals surface area contributed by atoms with Crippen molar-refractivity contribution in [3.8, 4) is 0 Å². The molecule has 0 unspecified atom stereocenters. The van der Waals surface area contributed by atoms with Crippen LogP contribution in [0.5, 0.6) is 0 Å². The Kier molecular flexibility index (Phi) is 2.14. The summed E-state index contributed by atoms with van der Waals surface area (Å²) in [5.41, 5.74) is 5.25. The van der Waals surface area contributed by atoms with Crippen LogP contribution in [-0.2, 0) is 0 Å². The Bertz CT molecular complexity index is 593. The molecule has 0 aliphatic heterocycles. The zero-order chi connectivity index (χ0) is 11.2. The first-order chi connectivity index (χ1) is 7.02. The van der Waals surface area contributed by atoms with E-state index < -0.39 is 0 Å². The monoisotopic (exact) mass is 201 g/mol. The maximum absolute atomic E-state index is 12.0. The molecule has 0 aromatic carbocycles. The quantitative estimate of drug-likeness (QED) is 0.641. The molecule has 0 saturated carbocycles. The Morgan fingerprint density at radius 3 is 2.27 bits per heavy atom. The van der Waals surface area contributed by atoms with E-state index in [1.165, 1.54) is 0 Å². The molecule has 0 amide bonds. The van der Waals surface area contributed by atoms with Crippen molar-refractivity contribution in [3.63, 3.8) is 0 Å². The summed E-state index contributed by atoms with van der Waals surface area (Å²) >= 11 is 0. The molecular weight excluding hydrogens is 186 g/mol. The highest BCUT2D eigenvalue weighted by Gasteiger charge is 2.07. The second-order valence-corrected chi connectivity index (χ2v) is 4.16. The highest BCUT2D eigenvalue weighted by atomic mass is 16.1. The summed E-state index contributed by atoms with van der Waals surface area (Å²) in [5.74, 6) is 0. The minimum absolute atomic E-state index is 0.0943. The van der Waals surface area contributed by atoms with Crippen molar-refractivity contribution < 1.29 is 0 Å². The largest absolute Gasteiger partial charge is 0.281 e. The lowest BCUT2D eigenvalue weighted by Gasteiger charge is -2.11. The molecule has 0 N–H and O–H groups in total. The fourth-order valence-electron chi connectivity index (χ4n) is 2.13. The van der Waals surface area contributed by atoms with Crippen LogP contribution in [0.25, 0.3) is 5.52 Å². The fraction of sp³-hybridized carbons (Fsp3) is 0.308. The lowest BCUT2D eigenvalue weighted by Crippen LogP contribution is -2.19. The van der Waals surface area contributed by atoms with Gasteiger partial charge in [-0.1, -0.05) is 6.07 Å². The number of hydrogen-bond donors (Lipinski definition) is 0. The molecular formula is C13H15NO. The normalized spacial score (nSPS) is 10.9. The standard InChI is InChI=1S/C13H15NO/c1-8-5-6-11(4)14-12(8)9(2)7-10(3)13(14)15/h5-7H,1-4H3. The molecule has 0 spiro atoms. The van der Waals surface area contributed by atoms with Crippen LogP contribution >= 0.6 is 0 Å². The predicted octanol–water partition coefficient (Wildman–Crippen LogP) is 2.53. The molecule has 2 heterocycles. The molecule has 0 aliphatic rings. The number of hydrogen-bond acceptors (Lipinski definition) is 1. The Hall–Kier alpha value is -1.57. The topological polar surface area (TPSA) is 21.5 Å². The molecule has 2 aromatic rings. The van der Waals surface area contributed by atoms with Crippen LogP contribution in [0.2, 0.25) is 0 Å². The van der Waals surface area contributed by atoms with Gasteiger partial charge in [0.15, 0.2) is 0 Å². The van der Waals surface area contributed by atoms with E-state index in [2.05, 4.69) is 6.07 Å². The van der Waals surface area contributed by atoms with E-state index in [4.69, 9.17) is 0 Å². The number of pyridine rings is 2. The van der Waals surface area contributed by atoms with Crippen molar-refractivity contribution >= 4 is 5.52 Å². The summed E-state index contributed by atoms with van der Waals surface area (Å²) in [6, 6.07) is 6.01. The zero-order valence-corrected chi connectivity index (χ0v) is 9.59. The molecule has 0 atom stereocenters. The van der Waals surface area contributed by atoms with E-state index in [0.29, 0.717) is 0 Å². The Morgan fingerprint density at radius 2 is 1.60 bits per heavy atom. The van der Waals surface area contributed by atoms with E-state index in [0.717, 1.165) is 27.9 Å². The van der Waals surface area contributed by atoms with Crippen molar-refractivity contribution in [1.29, 1.82) is 0 Å². The third-order valence-electron chi connectivity index (χ3n) is 2.87. The van der Waals surface area contributed by atoms with Crippen molar-refractivity contribution in [2.24, 2.45) is 0 Å². The molecule has 2 rings (SSSR count). The van der Waals surface area contributed by atoms with Gasteiger partial charge in [-0.2, -0.15) is 0 Å². The first-order valence-corrected chi connectivity index (χ1v) is 5.11. The Balaban J connectivity index is 3.16. The van der Waals surface area contributed by atoms with Crippen LogP contribution < -0.4 is 5.56 Å². The van der Waals surface area contributed by atoms with Crippen LogP contribution in [-0.4, -0.2) is 4.40 Å². The van der Waals surface area contributed by atoms with Gasteiger partial charge < -0.3 is 0 Å². The van der Waals surface area contributed by atoms with E-state index >= 15 is 0 Å². The second-order valence-electron chi connectivity index (χ2n) is 4.16. The van der Waals surface area contributed by atoms with Crippen LogP contribution in [0.3, 0.4) is 0 Å². The summed E-state index contributed by atoms with van der Waals surface area (Å²) in [4.78, 5) is 12.0. The van der Waals surface area contributed by atoms with Crippen molar-refractivity contribution in [2.75, 3.05) is 0 Å². The van der Waals surface area contributed by atoms with Gasteiger partial charge in [-0.15, -0.1) is 0 Å². The number of nitrogens with zero attached hydrogens (tertiary/aromatic N) is 1. The van der Waals surface area contributed by atoms with E-state index in [1.807, 2.05) is 39.8 Å². The van der Waals surface area contributed by atoms with Crippen molar-refractivity contribution in [2.45, 2.75) is 27.7 Å². The van der Waals surface area contributed by atoms with E-state index in [9.17, 15) is 4.79 Å². The third kappa shape index (κ3) is 1.37. The highest BCUT2D eigenvalue weighted by molar-refractivity contribution is 5.61. The summed E-state index contributed by atoms with van der Waals surface area (Å²) in [6.45, 7) is 7.92. The molecule has 2 heteroatoms. The van der Waals surface area contributed by atoms with Gasteiger partial charge in [0.25, 0.3) is 5.56 Å².